The van der Waals surface area contributed by atoms with Gasteiger partial charge in [-0.2, -0.15) is 38.1 Å². The van der Waals surface area contributed by atoms with Gasteiger partial charge in [-0.05, 0) is 36.4 Å². The van der Waals surface area contributed by atoms with Gasteiger partial charge in [0.2, 0.25) is 0 Å². The number of pyridine rings is 2. The third-order valence-electron chi connectivity index (χ3n) is 5.92. The number of nitrogens with one attached hydrogen (secondary N) is 1. The Hall–Kier alpha value is -3.45. The number of fused-ring (bicyclic) bond motifs is 1. The molecule has 3 aromatic heterocycles. The number of halogens is 6. The van der Waals surface area contributed by atoms with Gasteiger partial charge in [0.15, 0.2) is 0 Å². The Morgan fingerprint density at radius 1 is 0.895 bits per heavy atom. The molecule has 0 spiro atoms. The fraction of sp³-hybridized carbons (Fsp3) is 0.280. The van der Waals surface area contributed by atoms with Gasteiger partial charge in [-0.1, -0.05) is 6.07 Å². The zero-order chi connectivity index (χ0) is 26.9. The minimum atomic E-state index is -4.59. The Bertz CT molecular complexity index is 1440. The lowest BCUT2D eigenvalue weighted by Crippen LogP contribution is -2.32. The van der Waals surface area contributed by atoms with Crippen molar-refractivity contribution in [3.63, 3.8) is 0 Å². The zero-order valence-electron chi connectivity index (χ0n) is 19.6. The van der Waals surface area contributed by atoms with Crippen LogP contribution in [-0.4, -0.2) is 49.4 Å². The highest BCUT2D eigenvalue weighted by molar-refractivity contribution is 7.99. The van der Waals surface area contributed by atoms with Gasteiger partial charge < -0.3 is 5.32 Å². The van der Waals surface area contributed by atoms with Crippen molar-refractivity contribution in [1.29, 1.82) is 0 Å². The molecular formula is C25H20F6N6S. The van der Waals surface area contributed by atoms with Crippen LogP contribution in [0.5, 0.6) is 0 Å². The molecule has 0 saturated carbocycles. The molecule has 0 radical (unpaired) electrons. The second kappa shape index (κ2) is 10.4. The Morgan fingerprint density at radius 3 is 2.37 bits per heavy atom. The Kier molecular flexibility index (Phi) is 7.14. The van der Waals surface area contributed by atoms with E-state index >= 15 is 0 Å². The summed E-state index contributed by atoms with van der Waals surface area (Å²) in [5.41, 5.74) is -1.25. The topological polar surface area (TPSA) is 66.8 Å². The van der Waals surface area contributed by atoms with E-state index in [2.05, 4.69) is 30.2 Å². The Labute approximate surface area is 217 Å². The lowest BCUT2D eigenvalue weighted by atomic mass is 10.0. The second-order valence-electron chi connectivity index (χ2n) is 8.56. The van der Waals surface area contributed by atoms with Crippen LogP contribution in [0.4, 0.5) is 37.8 Å². The highest BCUT2D eigenvalue weighted by Crippen LogP contribution is 2.37. The number of thioether (sulfide) groups is 1. The van der Waals surface area contributed by atoms with Crippen LogP contribution in [0.15, 0.2) is 54.9 Å². The number of benzene rings is 1. The normalized spacial score (nSPS) is 15.1. The number of hydrogen-bond donors (Lipinski definition) is 1. The fourth-order valence-corrected chi connectivity index (χ4v) is 5.07. The molecule has 0 atom stereocenters. The molecule has 198 valence electrons. The number of anilines is 2. The van der Waals surface area contributed by atoms with E-state index < -0.39 is 23.6 Å². The molecular weight excluding hydrogens is 530 g/mol. The minimum Gasteiger partial charge on any atom is -0.338 e. The van der Waals surface area contributed by atoms with Gasteiger partial charge in [0, 0.05) is 41.7 Å². The summed E-state index contributed by atoms with van der Waals surface area (Å²) in [4.78, 5) is 18.8. The van der Waals surface area contributed by atoms with E-state index in [0.717, 1.165) is 42.9 Å². The van der Waals surface area contributed by atoms with Crippen LogP contribution in [0, 0.1) is 0 Å². The molecule has 6 nitrogen and oxygen atoms in total. The largest absolute Gasteiger partial charge is 0.433 e. The van der Waals surface area contributed by atoms with E-state index in [1.165, 1.54) is 30.5 Å². The second-order valence-corrected chi connectivity index (χ2v) is 9.79. The average Bonchev–Trinajstić information content (AvgIpc) is 2.88. The molecule has 1 fully saturated rings. The molecule has 0 aliphatic carbocycles. The third kappa shape index (κ3) is 5.83. The summed E-state index contributed by atoms with van der Waals surface area (Å²) >= 11 is 1.84. The van der Waals surface area contributed by atoms with E-state index in [-0.39, 0.29) is 16.9 Å². The summed E-state index contributed by atoms with van der Waals surface area (Å²) in [6.07, 6.45) is -6.82. The van der Waals surface area contributed by atoms with Crippen molar-refractivity contribution < 1.29 is 26.3 Å². The summed E-state index contributed by atoms with van der Waals surface area (Å²) in [6, 6.07) is 8.86. The van der Waals surface area contributed by atoms with Crippen molar-refractivity contribution in [3.8, 4) is 11.3 Å². The third-order valence-corrected chi connectivity index (χ3v) is 6.86. The van der Waals surface area contributed by atoms with Crippen molar-refractivity contribution in [2.24, 2.45) is 0 Å². The van der Waals surface area contributed by atoms with E-state index in [9.17, 15) is 26.3 Å². The quantitative estimate of drug-likeness (QED) is 0.288. The fourth-order valence-electron chi connectivity index (χ4n) is 4.09. The average molecular weight is 551 g/mol. The van der Waals surface area contributed by atoms with Crippen LogP contribution in [0.25, 0.3) is 22.2 Å². The molecule has 1 aliphatic heterocycles. The lowest BCUT2D eigenvalue weighted by Gasteiger charge is -2.25. The van der Waals surface area contributed by atoms with Crippen LogP contribution in [0.3, 0.4) is 0 Å². The number of alkyl halides is 6. The highest BCUT2D eigenvalue weighted by Gasteiger charge is 2.34. The SMILES string of the molecule is FC(F)(F)c1ccc(Nc2nc(CN3CCSCC3)nc3cc(-c4ncccc4C(F)(F)F)ccc23)cn1. The molecule has 4 aromatic rings. The molecule has 0 bridgehead atoms. The predicted octanol–water partition coefficient (Wildman–Crippen LogP) is 6.42. The minimum absolute atomic E-state index is 0.225. The summed E-state index contributed by atoms with van der Waals surface area (Å²) in [7, 11) is 0. The Balaban J connectivity index is 1.57. The summed E-state index contributed by atoms with van der Waals surface area (Å²) in [6.45, 7) is 2.08. The first-order chi connectivity index (χ1) is 18.1. The van der Waals surface area contributed by atoms with E-state index in [0.29, 0.717) is 29.1 Å². The summed E-state index contributed by atoms with van der Waals surface area (Å²) in [5.74, 6) is 2.66. The predicted molar refractivity (Wildman–Crippen MR) is 133 cm³/mol. The smallest absolute Gasteiger partial charge is 0.338 e. The van der Waals surface area contributed by atoms with Gasteiger partial charge in [0.25, 0.3) is 0 Å². The van der Waals surface area contributed by atoms with E-state index in [1.807, 2.05) is 11.8 Å². The van der Waals surface area contributed by atoms with Crippen molar-refractivity contribution in [2.75, 3.05) is 29.9 Å². The van der Waals surface area contributed by atoms with Crippen LogP contribution in [0.2, 0.25) is 0 Å². The maximum Gasteiger partial charge on any atom is 0.433 e. The first-order valence-corrected chi connectivity index (χ1v) is 12.7. The number of aromatic nitrogens is 4. The van der Waals surface area contributed by atoms with Gasteiger partial charge in [-0.25, -0.2) is 15.0 Å². The van der Waals surface area contributed by atoms with Crippen LogP contribution < -0.4 is 5.32 Å². The van der Waals surface area contributed by atoms with Gasteiger partial charge in [0.05, 0.1) is 35.2 Å². The number of nitrogens with zero attached hydrogens (tertiary/aromatic N) is 5. The molecule has 0 unspecified atom stereocenters. The van der Waals surface area contributed by atoms with Crippen molar-refractivity contribution in [2.45, 2.75) is 18.9 Å². The lowest BCUT2D eigenvalue weighted by molar-refractivity contribution is -0.141. The molecule has 1 N–H and O–H groups in total. The molecule has 1 aliphatic rings. The van der Waals surface area contributed by atoms with E-state index in [1.54, 1.807) is 6.07 Å². The van der Waals surface area contributed by atoms with Crippen molar-refractivity contribution >= 4 is 34.2 Å². The maximum atomic E-state index is 13.6. The summed E-state index contributed by atoms with van der Waals surface area (Å²) < 4.78 is 79.6. The number of hydrogen-bond acceptors (Lipinski definition) is 7. The molecule has 0 amide bonds. The first kappa shape index (κ1) is 26.2. The zero-order valence-corrected chi connectivity index (χ0v) is 20.5. The summed E-state index contributed by atoms with van der Waals surface area (Å²) in [5, 5.41) is 3.48. The number of rotatable bonds is 5. The van der Waals surface area contributed by atoms with Crippen LogP contribution >= 0.6 is 11.8 Å². The monoisotopic (exact) mass is 550 g/mol. The molecule has 4 heterocycles. The molecule has 1 saturated heterocycles. The van der Waals surface area contributed by atoms with Gasteiger partial charge >= 0.3 is 12.4 Å². The first-order valence-electron chi connectivity index (χ1n) is 11.5. The highest BCUT2D eigenvalue weighted by atomic mass is 32.2. The molecule has 38 heavy (non-hydrogen) atoms. The Morgan fingerprint density at radius 2 is 1.68 bits per heavy atom. The van der Waals surface area contributed by atoms with Crippen LogP contribution in [-0.2, 0) is 18.9 Å². The van der Waals surface area contributed by atoms with Crippen molar-refractivity contribution in [3.05, 3.63) is 71.9 Å². The standard InChI is InChI=1S/C25H20F6N6S/c26-24(27,28)18-2-1-7-32-22(18)15-3-5-17-19(12-15)35-21(14-37-8-10-38-11-9-37)36-23(17)34-16-4-6-20(33-13-16)25(29,30)31/h1-7,12-13H,8-11,14H2,(H,34,35,36). The molecule has 5 rings (SSSR count). The van der Waals surface area contributed by atoms with Gasteiger partial charge in [-0.15, -0.1) is 0 Å². The van der Waals surface area contributed by atoms with E-state index in [4.69, 9.17) is 0 Å². The molecule has 1 aromatic carbocycles. The van der Waals surface area contributed by atoms with Crippen molar-refractivity contribution in [1.82, 2.24) is 24.8 Å². The maximum absolute atomic E-state index is 13.6. The van der Waals surface area contributed by atoms with Gasteiger partial charge in [0.1, 0.15) is 17.3 Å². The van der Waals surface area contributed by atoms with Crippen LogP contribution in [0.1, 0.15) is 17.1 Å². The van der Waals surface area contributed by atoms with Gasteiger partial charge in [-0.3, -0.25) is 9.88 Å². The molecule has 13 heteroatoms.